The van der Waals surface area contributed by atoms with Crippen molar-refractivity contribution in [2.24, 2.45) is 11.8 Å². The summed E-state index contributed by atoms with van der Waals surface area (Å²) in [6.07, 6.45) is 6.23. The van der Waals surface area contributed by atoms with Crippen LogP contribution in [-0.4, -0.2) is 87.1 Å². The zero-order valence-corrected chi connectivity index (χ0v) is 22.6. The number of nitrogens with zero attached hydrogens (tertiary/aromatic N) is 2. The summed E-state index contributed by atoms with van der Waals surface area (Å²) >= 11 is 3.66. The van der Waals surface area contributed by atoms with Crippen molar-refractivity contribution in [3.8, 4) is 0 Å². The summed E-state index contributed by atoms with van der Waals surface area (Å²) < 4.78 is 12.1. The van der Waals surface area contributed by atoms with Crippen molar-refractivity contribution in [1.29, 1.82) is 0 Å². The molecular formula is C26H39BrN2O6. The van der Waals surface area contributed by atoms with Gasteiger partial charge in [0.25, 0.3) is 0 Å². The number of hydrogen-bond acceptors (Lipinski definition) is 6. The second-order valence-corrected chi connectivity index (χ2v) is 11.2. The monoisotopic (exact) mass is 554 g/mol. The summed E-state index contributed by atoms with van der Waals surface area (Å²) in [6, 6.07) is -1.62. The maximum Gasteiger partial charge on any atom is 0.312 e. The molecule has 8 nitrogen and oxygen atoms in total. The molecule has 3 aliphatic rings. The molecule has 1 N–H and O–H groups in total. The molecule has 0 aromatic rings. The Morgan fingerprint density at radius 3 is 2.63 bits per heavy atom. The van der Waals surface area contributed by atoms with Gasteiger partial charge in [0.15, 0.2) is 0 Å². The highest BCUT2D eigenvalue weighted by molar-refractivity contribution is 9.09. The lowest BCUT2D eigenvalue weighted by Gasteiger charge is -2.40. The Balaban J connectivity index is 1.98. The lowest BCUT2D eigenvalue weighted by Crippen LogP contribution is -2.59. The highest BCUT2D eigenvalue weighted by atomic mass is 79.9. The number of aliphatic hydroxyl groups is 1. The van der Waals surface area contributed by atoms with Crippen molar-refractivity contribution < 1.29 is 29.0 Å². The number of likely N-dealkylation sites (tertiary alicyclic amines) is 1. The Kier molecular flexibility index (Phi) is 9.21. The Labute approximate surface area is 216 Å². The minimum atomic E-state index is -1.16. The van der Waals surface area contributed by atoms with Gasteiger partial charge >= 0.3 is 5.97 Å². The first-order valence-electron chi connectivity index (χ1n) is 12.6. The van der Waals surface area contributed by atoms with Gasteiger partial charge in [-0.15, -0.1) is 13.2 Å². The van der Waals surface area contributed by atoms with Gasteiger partial charge in [0.05, 0.1) is 37.2 Å². The molecule has 0 saturated carbocycles. The van der Waals surface area contributed by atoms with Crippen LogP contribution in [0.5, 0.6) is 0 Å². The van der Waals surface area contributed by atoms with Crippen molar-refractivity contribution in [2.45, 2.75) is 87.5 Å². The van der Waals surface area contributed by atoms with E-state index in [1.165, 1.54) is 4.90 Å². The Morgan fingerprint density at radius 1 is 1.34 bits per heavy atom. The van der Waals surface area contributed by atoms with Crippen LogP contribution in [0, 0.1) is 11.8 Å². The molecule has 3 unspecified atom stereocenters. The number of halogens is 1. The predicted molar refractivity (Wildman–Crippen MR) is 136 cm³/mol. The number of esters is 1. The molecule has 7 atom stereocenters. The van der Waals surface area contributed by atoms with E-state index in [1.807, 2.05) is 26.8 Å². The van der Waals surface area contributed by atoms with Crippen LogP contribution in [0.4, 0.5) is 0 Å². The van der Waals surface area contributed by atoms with Crippen LogP contribution < -0.4 is 0 Å². The molecule has 9 heteroatoms. The molecule has 3 rings (SSSR count). The maximum absolute atomic E-state index is 14.0. The van der Waals surface area contributed by atoms with Crippen LogP contribution in [0.25, 0.3) is 0 Å². The predicted octanol–water partition coefficient (Wildman–Crippen LogP) is 2.83. The molecular weight excluding hydrogens is 516 g/mol. The van der Waals surface area contributed by atoms with Gasteiger partial charge in [-0.1, -0.05) is 35.0 Å². The van der Waals surface area contributed by atoms with E-state index in [0.29, 0.717) is 25.8 Å². The Bertz CT molecular complexity index is 831. The van der Waals surface area contributed by atoms with Gasteiger partial charge in [-0.05, 0) is 46.0 Å². The van der Waals surface area contributed by atoms with Crippen LogP contribution in [0.1, 0.15) is 52.9 Å². The third kappa shape index (κ3) is 4.83. The van der Waals surface area contributed by atoms with E-state index in [1.54, 1.807) is 11.0 Å². The zero-order chi connectivity index (χ0) is 25.9. The van der Waals surface area contributed by atoms with Crippen molar-refractivity contribution in [3.05, 3.63) is 25.3 Å². The van der Waals surface area contributed by atoms with Crippen molar-refractivity contribution >= 4 is 33.7 Å². The Hall–Kier alpha value is -1.71. The number of fused-ring (bicyclic) bond motifs is 1. The fourth-order valence-corrected chi connectivity index (χ4v) is 6.88. The number of unbranched alkanes of at least 4 members (excludes halogenated alkanes) is 2. The van der Waals surface area contributed by atoms with Crippen LogP contribution in [0.15, 0.2) is 25.3 Å². The van der Waals surface area contributed by atoms with Gasteiger partial charge in [0.2, 0.25) is 11.8 Å². The largest absolute Gasteiger partial charge is 0.465 e. The number of hydrogen-bond donors (Lipinski definition) is 1. The van der Waals surface area contributed by atoms with E-state index in [0.717, 1.165) is 12.8 Å². The fraction of sp³-hybridized carbons (Fsp3) is 0.731. The number of ether oxygens (including phenoxy) is 2. The maximum atomic E-state index is 14.0. The molecule has 0 aromatic heterocycles. The minimum Gasteiger partial charge on any atom is -0.465 e. The Morgan fingerprint density at radius 2 is 2.06 bits per heavy atom. The average Bonchev–Trinajstić information content (AvgIpc) is 3.41. The molecule has 35 heavy (non-hydrogen) atoms. The number of alkyl halides is 1. The molecule has 1 spiro atoms. The second kappa shape index (κ2) is 11.6. The molecule has 2 bridgehead atoms. The normalized spacial score (nSPS) is 32.0. The third-order valence-corrected chi connectivity index (χ3v) is 8.43. The summed E-state index contributed by atoms with van der Waals surface area (Å²) in [7, 11) is 0. The van der Waals surface area contributed by atoms with Crippen molar-refractivity contribution in [1.82, 2.24) is 9.80 Å². The van der Waals surface area contributed by atoms with Gasteiger partial charge in [0, 0.05) is 17.4 Å². The molecule has 0 radical (unpaired) electrons. The summed E-state index contributed by atoms with van der Waals surface area (Å²) in [6.45, 7) is 13.5. The van der Waals surface area contributed by atoms with Gasteiger partial charge < -0.3 is 24.4 Å². The molecule has 2 amide bonds. The van der Waals surface area contributed by atoms with E-state index in [9.17, 15) is 19.5 Å². The second-order valence-electron chi connectivity index (χ2n) is 9.98. The van der Waals surface area contributed by atoms with Crippen LogP contribution in [0.3, 0.4) is 0 Å². The summed E-state index contributed by atoms with van der Waals surface area (Å²) in [4.78, 5) is 44.2. The lowest BCUT2D eigenvalue weighted by atomic mass is 9.70. The van der Waals surface area contributed by atoms with Gasteiger partial charge in [-0.3, -0.25) is 14.4 Å². The summed E-state index contributed by atoms with van der Waals surface area (Å²) in [5.41, 5.74) is -1.16. The van der Waals surface area contributed by atoms with Crippen LogP contribution in [0.2, 0.25) is 0 Å². The van der Waals surface area contributed by atoms with E-state index in [2.05, 4.69) is 29.1 Å². The molecule has 0 aromatic carbocycles. The first kappa shape index (κ1) is 27.9. The van der Waals surface area contributed by atoms with Crippen molar-refractivity contribution in [2.75, 3.05) is 19.8 Å². The van der Waals surface area contributed by atoms with E-state index in [4.69, 9.17) is 9.47 Å². The third-order valence-electron chi connectivity index (χ3n) is 7.59. The summed E-state index contributed by atoms with van der Waals surface area (Å²) in [5.74, 6) is -2.66. The molecule has 3 fully saturated rings. The number of carbonyl (C=O) groups excluding carboxylic acids is 3. The highest BCUT2D eigenvalue weighted by Crippen LogP contribution is 2.60. The molecule has 0 aliphatic carbocycles. The minimum absolute atomic E-state index is 0.128. The summed E-state index contributed by atoms with van der Waals surface area (Å²) in [5, 5.41) is 10.1. The molecule has 3 heterocycles. The standard InChI is InChI=1S/C26H39BrN2O6/c1-6-9-10-11-13-34-25(33)19-20-23(31)29(17(8-3)15-30)22(24(32)28(12-7-2)16(4)5)26(20)14-18(27)21(19)35-26/h6-7,16-22,30H,1-2,8-15H2,3-5H3/t17-,18?,19-,20-,21-,22?,26?/m0/s1. The van der Waals surface area contributed by atoms with Crippen molar-refractivity contribution in [3.63, 3.8) is 0 Å². The first-order valence-corrected chi connectivity index (χ1v) is 13.5. The SMILES string of the molecule is C=CCCCCOC(=O)[C@H]1[C@H]2C(=O)N([C@@H](CC)CO)C(C(=O)N(CC=C)C(C)C)C23CC(Br)[C@@H]1O3. The van der Waals surface area contributed by atoms with E-state index < -0.39 is 41.6 Å². The number of allylic oxidation sites excluding steroid dienone is 1. The van der Waals surface area contributed by atoms with Crippen LogP contribution in [-0.2, 0) is 23.9 Å². The first-order chi connectivity index (χ1) is 16.7. The lowest BCUT2D eigenvalue weighted by molar-refractivity contribution is -0.156. The molecule has 196 valence electrons. The quantitative estimate of drug-likeness (QED) is 0.163. The number of aliphatic hydroxyl groups excluding tert-OH is 1. The van der Waals surface area contributed by atoms with Gasteiger partial charge in [-0.25, -0.2) is 0 Å². The van der Waals surface area contributed by atoms with E-state index in [-0.39, 0.29) is 35.9 Å². The van der Waals surface area contributed by atoms with Gasteiger partial charge in [-0.2, -0.15) is 0 Å². The van der Waals surface area contributed by atoms with Crippen LogP contribution >= 0.6 is 15.9 Å². The number of rotatable bonds is 13. The number of amides is 2. The molecule has 3 aliphatic heterocycles. The van der Waals surface area contributed by atoms with Gasteiger partial charge in [0.1, 0.15) is 11.6 Å². The zero-order valence-electron chi connectivity index (χ0n) is 21.0. The van der Waals surface area contributed by atoms with E-state index >= 15 is 0 Å². The molecule has 3 saturated heterocycles. The number of carbonyl (C=O) groups is 3. The fourth-order valence-electron chi connectivity index (χ4n) is 5.93. The average molecular weight is 556 g/mol. The topological polar surface area (TPSA) is 96.4 Å². The highest BCUT2D eigenvalue weighted by Gasteiger charge is 2.77. The smallest absolute Gasteiger partial charge is 0.312 e.